The molecule has 1 spiro atoms. The van der Waals surface area contributed by atoms with Crippen molar-refractivity contribution in [2.45, 2.75) is 91.1 Å². The predicted molar refractivity (Wildman–Crippen MR) is 114 cm³/mol. The molecule has 0 saturated heterocycles. The number of fused-ring (bicyclic) bond motifs is 4. The minimum Gasteiger partial charge on any atom is -0.469 e. The van der Waals surface area contributed by atoms with Crippen molar-refractivity contribution in [1.82, 2.24) is 0 Å². The Morgan fingerprint density at radius 3 is 2.55 bits per heavy atom. The summed E-state index contributed by atoms with van der Waals surface area (Å²) in [6.45, 7) is 7.68. The Morgan fingerprint density at radius 1 is 1.07 bits per heavy atom. The van der Waals surface area contributed by atoms with Crippen LogP contribution < -0.4 is 0 Å². The summed E-state index contributed by atoms with van der Waals surface area (Å²) in [5.74, 6) is 4.92. The number of hydrogen-bond acceptors (Lipinski definition) is 3. The van der Waals surface area contributed by atoms with Crippen LogP contribution in [0.2, 0.25) is 0 Å². The lowest BCUT2D eigenvalue weighted by Gasteiger charge is -2.61. The highest BCUT2D eigenvalue weighted by Crippen LogP contribution is 2.82. The van der Waals surface area contributed by atoms with Crippen LogP contribution in [-0.2, 0) is 14.3 Å². The Morgan fingerprint density at radius 2 is 1.86 bits per heavy atom. The lowest BCUT2D eigenvalue weighted by Crippen LogP contribution is -2.57. The number of ether oxygens (including phenoxy) is 2. The number of esters is 1. The first-order valence-electron chi connectivity index (χ1n) is 12.4. The van der Waals surface area contributed by atoms with Gasteiger partial charge in [-0.1, -0.05) is 20.8 Å². The van der Waals surface area contributed by atoms with Crippen LogP contribution in [0, 0.1) is 51.8 Å². The number of carbonyl (C=O) groups is 1. The second kappa shape index (κ2) is 6.71. The zero-order valence-corrected chi connectivity index (χ0v) is 19.3. The molecule has 0 N–H and O–H groups in total. The molecule has 0 radical (unpaired) electrons. The van der Waals surface area contributed by atoms with Crippen LogP contribution in [0.5, 0.6) is 0 Å². The fourth-order valence-electron chi connectivity index (χ4n) is 10.2. The van der Waals surface area contributed by atoms with Gasteiger partial charge in [-0.15, -0.1) is 0 Å². The molecule has 10 atom stereocenters. The molecule has 6 unspecified atom stereocenters. The van der Waals surface area contributed by atoms with E-state index >= 15 is 0 Å². The van der Waals surface area contributed by atoms with E-state index in [-0.39, 0.29) is 5.97 Å². The Kier molecular flexibility index (Phi) is 4.71. The highest BCUT2D eigenvalue weighted by Gasteiger charge is 2.77. The summed E-state index contributed by atoms with van der Waals surface area (Å²) >= 11 is 0. The van der Waals surface area contributed by atoms with Crippen LogP contribution in [0.4, 0.5) is 0 Å². The van der Waals surface area contributed by atoms with Gasteiger partial charge in [0.05, 0.1) is 13.2 Å². The van der Waals surface area contributed by atoms with Crippen LogP contribution in [0.1, 0.15) is 85.0 Å². The fourth-order valence-corrected chi connectivity index (χ4v) is 10.2. The molecule has 3 nitrogen and oxygen atoms in total. The van der Waals surface area contributed by atoms with E-state index in [2.05, 4.69) is 20.8 Å². The average molecular weight is 403 g/mol. The van der Waals surface area contributed by atoms with Crippen molar-refractivity contribution in [2.75, 3.05) is 14.2 Å². The summed E-state index contributed by atoms with van der Waals surface area (Å²) in [4.78, 5) is 11.7. The van der Waals surface area contributed by atoms with Crippen molar-refractivity contribution >= 4 is 5.97 Å². The quantitative estimate of drug-likeness (QED) is 0.540. The van der Waals surface area contributed by atoms with E-state index in [1.807, 2.05) is 7.11 Å². The molecule has 5 aliphatic carbocycles. The van der Waals surface area contributed by atoms with Crippen LogP contribution in [0.3, 0.4) is 0 Å². The molecule has 3 heteroatoms. The van der Waals surface area contributed by atoms with Gasteiger partial charge in [-0.05, 0) is 104 Å². The molecular weight excluding hydrogens is 360 g/mol. The number of hydrogen-bond donors (Lipinski definition) is 0. The normalized spacial score (nSPS) is 53.4. The first kappa shape index (κ1) is 20.3. The summed E-state index contributed by atoms with van der Waals surface area (Å²) < 4.78 is 11.1. The first-order chi connectivity index (χ1) is 13.8. The molecule has 5 fully saturated rings. The zero-order chi connectivity index (χ0) is 20.6. The molecule has 29 heavy (non-hydrogen) atoms. The lowest BCUT2D eigenvalue weighted by atomic mass is 9.45. The summed E-state index contributed by atoms with van der Waals surface area (Å²) in [7, 11) is 3.50. The van der Waals surface area contributed by atoms with Gasteiger partial charge in [-0.3, -0.25) is 4.79 Å². The summed E-state index contributed by atoms with van der Waals surface area (Å²) in [5.41, 5.74) is 1.51. The van der Waals surface area contributed by atoms with Crippen LogP contribution >= 0.6 is 0 Å². The molecule has 5 saturated carbocycles. The fraction of sp³-hybridized carbons (Fsp3) is 0.962. The zero-order valence-electron chi connectivity index (χ0n) is 19.3. The second-order valence-electron chi connectivity index (χ2n) is 12.1. The molecular formula is C26H42O3. The number of methoxy groups -OCH3 is 2. The van der Waals surface area contributed by atoms with Gasteiger partial charge in [-0.25, -0.2) is 0 Å². The largest absolute Gasteiger partial charge is 0.469 e. The predicted octanol–water partition coefficient (Wildman–Crippen LogP) is 5.86. The molecule has 164 valence electrons. The van der Waals surface area contributed by atoms with E-state index in [1.165, 1.54) is 58.5 Å². The average Bonchev–Trinajstić information content (AvgIpc) is 3.22. The van der Waals surface area contributed by atoms with Crippen molar-refractivity contribution in [2.24, 2.45) is 51.8 Å². The highest BCUT2D eigenvalue weighted by molar-refractivity contribution is 5.69. The molecule has 0 bridgehead atoms. The van der Waals surface area contributed by atoms with E-state index < -0.39 is 0 Å². The number of carbonyl (C=O) groups excluding carboxylic acids is 1. The van der Waals surface area contributed by atoms with Gasteiger partial charge < -0.3 is 9.47 Å². The van der Waals surface area contributed by atoms with Crippen molar-refractivity contribution in [3.8, 4) is 0 Å². The topological polar surface area (TPSA) is 35.5 Å². The van der Waals surface area contributed by atoms with Gasteiger partial charge >= 0.3 is 5.97 Å². The Hall–Kier alpha value is -0.570. The molecule has 0 aromatic carbocycles. The van der Waals surface area contributed by atoms with Crippen molar-refractivity contribution in [3.63, 3.8) is 0 Å². The van der Waals surface area contributed by atoms with Crippen LogP contribution in [0.15, 0.2) is 0 Å². The van der Waals surface area contributed by atoms with E-state index in [0.29, 0.717) is 34.7 Å². The van der Waals surface area contributed by atoms with Crippen LogP contribution in [0.25, 0.3) is 0 Å². The van der Waals surface area contributed by atoms with Gasteiger partial charge in [-0.2, -0.15) is 0 Å². The standard InChI is InChI=1S/C26H42O3/c1-16(6-9-23(27)29-5)19-7-8-20-18-14-22(28-4)26-15-17(26)10-13-25(26,3)21(18)11-12-24(19,20)2/h16-22H,6-15H2,1-5H3/t16-,17?,18?,19?,20?,21?,22-,24-,25-,26?/m1/s1. The van der Waals surface area contributed by atoms with E-state index in [4.69, 9.17) is 9.47 Å². The maximum absolute atomic E-state index is 11.7. The maximum Gasteiger partial charge on any atom is 0.305 e. The van der Waals surface area contributed by atoms with E-state index in [0.717, 1.165) is 36.0 Å². The molecule has 0 aromatic heterocycles. The van der Waals surface area contributed by atoms with E-state index in [1.54, 1.807) is 0 Å². The summed E-state index contributed by atoms with van der Waals surface area (Å²) in [6, 6.07) is 0. The molecule has 5 aliphatic rings. The molecule has 0 amide bonds. The van der Waals surface area contributed by atoms with Gasteiger partial charge in [0.15, 0.2) is 0 Å². The molecule has 0 heterocycles. The van der Waals surface area contributed by atoms with Crippen molar-refractivity contribution in [1.29, 1.82) is 0 Å². The monoisotopic (exact) mass is 402 g/mol. The highest BCUT2D eigenvalue weighted by atomic mass is 16.5. The van der Waals surface area contributed by atoms with E-state index in [9.17, 15) is 4.79 Å². The van der Waals surface area contributed by atoms with Gasteiger partial charge in [0.2, 0.25) is 0 Å². The molecule has 0 aromatic rings. The van der Waals surface area contributed by atoms with Gasteiger partial charge in [0, 0.05) is 18.9 Å². The SMILES string of the molecule is COC(=O)CC[C@@H](C)C1CCC2C3C[C@@H](OC)C45CC4CC[C@]5(C)C3CC[C@@]21C. The third-order valence-corrected chi connectivity index (χ3v) is 11.6. The summed E-state index contributed by atoms with van der Waals surface area (Å²) in [6.07, 6.45) is 13.3. The van der Waals surface area contributed by atoms with Crippen LogP contribution in [-0.4, -0.2) is 26.3 Å². The summed E-state index contributed by atoms with van der Waals surface area (Å²) in [5, 5.41) is 0. The molecule has 5 rings (SSSR count). The van der Waals surface area contributed by atoms with Crippen molar-refractivity contribution in [3.05, 3.63) is 0 Å². The first-order valence-corrected chi connectivity index (χ1v) is 12.4. The third kappa shape index (κ3) is 2.55. The second-order valence-corrected chi connectivity index (χ2v) is 12.1. The third-order valence-electron chi connectivity index (χ3n) is 11.6. The lowest BCUT2D eigenvalue weighted by molar-refractivity contribution is -0.161. The Balaban J connectivity index is 1.37. The maximum atomic E-state index is 11.7. The minimum absolute atomic E-state index is 0.0473. The van der Waals surface area contributed by atoms with Gasteiger partial charge in [0.1, 0.15) is 0 Å². The smallest absolute Gasteiger partial charge is 0.305 e. The number of rotatable bonds is 5. The Bertz CT molecular complexity index is 675. The molecule has 0 aliphatic heterocycles. The Labute approximate surface area is 177 Å². The van der Waals surface area contributed by atoms with Gasteiger partial charge in [0.25, 0.3) is 0 Å². The van der Waals surface area contributed by atoms with Crippen molar-refractivity contribution < 1.29 is 14.3 Å². The minimum atomic E-state index is -0.0473.